The Balaban J connectivity index is 1.73. The Morgan fingerprint density at radius 3 is 2.42 bits per heavy atom. The lowest BCUT2D eigenvalue weighted by atomic mass is 10.1. The van der Waals surface area contributed by atoms with E-state index in [0.717, 1.165) is 23.9 Å². The van der Waals surface area contributed by atoms with Crippen molar-refractivity contribution >= 4 is 15.9 Å². The van der Waals surface area contributed by atoms with Crippen LogP contribution in [-0.2, 0) is 12.8 Å². The van der Waals surface area contributed by atoms with Gasteiger partial charge in [0.2, 0.25) is 0 Å². The summed E-state index contributed by atoms with van der Waals surface area (Å²) in [4.78, 5) is 4.03. The van der Waals surface area contributed by atoms with Gasteiger partial charge in [-0.1, -0.05) is 28.1 Å². The molecule has 0 saturated heterocycles. The Kier molecular flexibility index (Phi) is 5.55. The molecule has 1 unspecified atom stereocenters. The fraction of sp³-hybridized carbons (Fsp3) is 0.312. The second-order valence-corrected chi connectivity index (χ2v) is 5.71. The molecule has 100 valence electrons. The van der Waals surface area contributed by atoms with Crippen LogP contribution in [0.4, 0.5) is 0 Å². The van der Waals surface area contributed by atoms with E-state index in [0.29, 0.717) is 6.04 Å². The number of benzene rings is 1. The molecule has 0 aliphatic heterocycles. The molecule has 0 fully saturated rings. The van der Waals surface area contributed by atoms with Gasteiger partial charge >= 0.3 is 0 Å². The highest BCUT2D eigenvalue weighted by Crippen LogP contribution is 2.11. The van der Waals surface area contributed by atoms with Crippen molar-refractivity contribution in [3.05, 3.63) is 64.4 Å². The highest BCUT2D eigenvalue weighted by atomic mass is 79.9. The van der Waals surface area contributed by atoms with Crippen LogP contribution in [0.3, 0.4) is 0 Å². The van der Waals surface area contributed by atoms with Gasteiger partial charge in [0, 0.05) is 22.9 Å². The molecule has 19 heavy (non-hydrogen) atoms. The molecule has 0 bridgehead atoms. The van der Waals surface area contributed by atoms with Gasteiger partial charge in [0.05, 0.1) is 0 Å². The van der Waals surface area contributed by atoms with Crippen LogP contribution in [0, 0.1) is 0 Å². The molecule has 0 radical (unpaired) electrons. The Bertz CT molecular complexity index is 482. The van der Waals surface area contributed by atoms with E-state index in [9.17, 15) is 0 Å². The summed E-state index contributed by atoms with van der Waals surface area (Å²) in [6, 6.07) is 13.2. The van der Waals surface area contributed by atoms with Gasteiger partial charge in [0.15, 0.2) is 0 Å². The van der Waals surface area contributed by atoms with Crippen LogP contribution in [0.25, 0.3) is 0 Å². The summed E-state index contributed by atoms with van der Waals surface area (Å²) in [5.74, 6) is 0. The van der Waals surface area contributed by atoms with Gasteiger partial charge < -0.3 is 5.32 Å². The molecule has 1 aromatic carbocycles. The number of nitrogens with zero attached hydrogens (tertiary/aromatic N) is 1. The molecule has 1 N–H and O–H groups in total. The van der Waals surface area contributed by atoms with E-state index in [1.807, 2.05) is 12.4 Å². The molecule has 2 nitrogen and oxygen atoms in total. The highest BCUT2D eigenvalue weighted by Gasteiger charge is 2.03. The van der Waals surface area contributed by atoms with Crippen molar-refractivity contribution in [1.82, 2.24) is 10.3 Å². The molecule has 1 heterocycles. The predicted molar refractivity (Wildman–Crippen MR) is 83.3 cm³/mol. The first-order valence-electron chi connectivity index (χ1n) is 6.61. The zero-order valence-electron chi connectivity index (χ0n) is 11.1. The van der Waals surface area contributed by atoms with Crippen molar-refractivity contribution in [2.45, 2.75) is 25.8 Å². The van der Waals surface area contributed by atoms with Crippen molar-refractivity contribution in [3.8, 4) is 0 Å². The van der Waals surface area contributed by atoms with Gasteiger partial charge in [-0.05, 0) is 61.7 Å². The number of pyridine rings is 1. The largest absolute Gasteiger partial charge is 0.314 e. The number of aromatic nitrogens is 1. The van der Waals surface area contributed by atoms with Gasteiger partial charge in [-0.25, -0.2) is 0 Å². The summed E-state index contributed by atoms with van der Waals surface area (Å²) in [6.07, 6.45) is 5.80. The first-order valence-corrected chi connectivity index (χ1v) is 7.40. The number of hydrogen-bond donors (Lipinski definition) is 1. The van der Waals surface area contributed by atoms with Crippen LogP contribution >= 0.6 is 15.9 Å². The second kappa shape index (κ2) is 7.41. The van der Waals surface area contributed by atoms with E-state index >= 15 is 0 Å². The maximum Gasteiger partial charge on any atom is 0.0270 e. The number of nitrogens with one attached hydrogen (secondary N) is 1. The smallest absolute Gasteiger partial charge is 0.0270 e. The Morgan fingerprint density at radius 2 is 1.74 bits per heavy atom. The van der Waals surface area contributed by atoms with Gasteiger partial charge in [-0.3, -0.25) is 4.98 Å². The SMILES string of the molecule is CC(Cc1ccc(Br)cc1)NCCc1ccncc1. The van der Waals surface area contributed by atoms with Gasteiger partial charge in [0.1, 0.15) is 0 Å². The van der Waals surface area contributed by atoms with E-state index in [4.69, 9.17) is 0 Å². The molecule has 2 aromatic rings. The molecular formula is C16H19BrN2. The van der Waals surface area contributed by atoms with Crippen LogP contribution < -0.4 is 5.32 Å². The maximum absolute atomic E-state index is 4.03. The predicted octanol–water partition coefficient (Wildman–Crippen LogP) is 3.61. The number of rotatable bonds is 6. The monoisotopic (exact) mass is 318 g/mol. The minimum Gasteiger partial charge on any atom is -0.314 e. The van der Waals surface area contributed by atoms with Gasteiger partial charge in [-0.2, -0.15) is 0 Å². The van der Waals surface area contributed by atoms with Crippen LogP contribution in [0.1, 0.15) is 18.1 Å². The molecule has 3 heteroatoms. The van der Waals surface area contributed by atoms with Crippen molar-refractivity contribution in [2.75, 3.05) is 6.54 Å². The van der Waals surface area contributed by atoms with Gasteiger partial charge in [0.25, 0.3) is 0 Å². The molecule has 2 rings (SSSR count). The first-order chi connectivity index (χ1) is 9.24. The van der Waals surface area contributed by atoms with E-state index in [2.05, 4.69) is 69.6 Å². The van der Waals surface area contributed by atoms with Crippen molar-refractivity contribution in [3.63, 3.8) is 0 Å². The molecule has 0 spiro atoms. The lowest BCUT2D eigenvalue weighted by Gasteiger charge is -2.14. The van der Waals surface area contributed by atoms with Crippen LogP contribution in [0.5, 0.6) is 0 Å². The Labute approximate surface area is 123 Å². The van der Waals surface area contributed by atoms with Crippen molar-refractivity contribution in [1.29, 1.82) is 0 Å². The summed E-state index contributed by atoms with van der Waals surface area (Å²) >= 11 is 3.46. The maximum atomic E-state index is 4.03. The molecule has 1 aromatic heterocycles. The third kappa shape index (κ3) is 5.13. The highest BCUT2D eigenvalue weighted by molar-refractivity contribution is 9.10. The van der Waals surface area contributed by atoms with Crippen LogP contribution in [0.15, 0.2) is 53.3 Å². The molecule has 0 aliphatic carbocycles. The minimum atomic E-state index is 0.489. The van der Waals surface area contributed by atoms with E-state index in [-0.39, 0.29) is 0 Å². The third-order valence-corrected chi connectivity index (χ3v) is 3.64. The molecule has 0 saturated carbocycles. The summed E-state index contributed by atoms with van der Waals surface area (Å²) in [6.45, 7) is 3.23. The van der Waals surface area contributed by atoms with Crippen molar-refractivity contribution < 1.29 is 0 Å². The van der Waals surface area contributed by atoms with Crippen molar-refractivity contribution in [2.24, 2.45) is 0 Å². The summed E-state index contributed by atoms with van der Waals surface area (Å²) < 4.78 is 1.13. The van der Waals surface area contributed by atoms with Gasteiger partial charge in [-0.15, -0.1) is 0 Å². The Hall–Kier alpha value is -1.19. The van der Waals surface area contributed by atoms with E-state index in [1.54, 1.807) is 0 Å². The third-order valence-electron chi connectivity index (χ3n) is 3.11. The van der Waals surface area contributed by atoms with E-state index in [1.165, 1.54) is 11.1 Å². The fourth-order valence-corrected chi connectivity index (χ4v) is 2.32. The number of hydrogen-bond acceptors (Lipinski definition) is 2. The zero-order valence-corrected chi connectivity index (χ0v) is 12.7. The topological polar surface area (TPSA) is 24.9 Å². The molecule has 0 aliphatic rings. The molecular weight excluding hydrogens is 300 g/mol. The second-order valence-electron chi connectivity index (χ2n) is 4.79. The quantitative estimate of drug-likeness (QED) is 0.880. The van der Waals surface area contributed by atoms with Crippen LogP contribution in [0.2, 0.25) is 0 Å². The molecule has 0 amide bonds. The summed E-state index contributed by atoms with van der Waals surface area (Å²) in [5.41, 5.74) is 2.70. The fourth-order valence-electron chi connectivity index (χ4n) is 2.06. The van der Waals surface area contributed by atoms with E-state index < -0.39 is 0 Å². The summed E-state index contributed by atoms with van der Waals surface area (Å²) in [7, 11) is 0. The average molecular weight is 319 g/mol. The lowest BCUT2D eigenvalue weighted by Crippen LogP contribution is -2.29. The first kappa shape index (κ1) is 14.2. The minimum absolute atomic E-state index is 0.489. The normalized spacial score (nSPS) is 12.3. The average Bonchev–Trinajstić information content (AvgIpc) is 2.43. The number of halogens is 1. The zero-order chi connectivity index (χ0) is 13.5. The summed E-state index contributed by atoms with van der Waals surface area (Å²) in [5, 5.41) is 3.56. The lowest BCUT2D eigenvalue weighted by molar-refractivity contribution is 0.548. The Morgan fingerprint density at radius 1 is 1.05 bits per heavy atom. The molecule has 1 atom stereocenters. The standard InChI is InChI=1S/C16H19BrN2/c1-13(12-15-2-4-16(17)5-3-15)19-11-8-14-6-9-18-10-7-14/h2-7,9-10,13,19H,8,11-12H2,1H3. The van der Waals surface area contributed by atoms with Crippen LogP contribution in [-0.4, -0.2) is 17.6 Å².